The lowest BCUT2D eigenvalue weighted by Gasteiger charge is -2.12. The second kappa shape index (κ2) is 12.9. The fraction of sp³-hybridized carbons (Fsp3) is 0.667. The van der Waals surface area contributed by atoms with Crippen LogP contribution in [0.25, 0.3) is 0 Å². The highest BCUT2D eigenvalue weighted by atomic mass is 127. The molecule has 0 aromatic carbocycles. The molecule has 0 atom stereocenters. The maximum atomic E-state index is 5.52. The Kier molecular flexibility index (Phi) is 12.5. The molecule has 0 saturated heterocycles. The van der Waals surface area contributed by atoms with Crippen LogP contribution in [0, 0.1) is 5.92 Å². The first-order valence-electron chi connectivity index (χ1n) is 7.34. The maximum absolute atomic E-state index is 5.52. The van der Waals surface area contributed by atoms with Crippen molar-refractivity contribution >= 4 is 29.9 Å². The van der Waals surface area contributed by atoms with E-state index in [1.54, 1.807) is 6.26 Å². The fourth-order valence-corrected chi connectivity index (χ4v) is 1.56. The number of guanidine groups is 1. The topological polar surface area (TPSA) is 58.8 Å². The number of hydrogen-bond donors (Lipinski definition) is 2. The molecule has 1 aromatic rings. The SMILES string of the molecule is CCNC(=NCC(C)C)NCCCOCc1ccco1.I. The lowest BCUT2D eigenvalue weighted by atomic mass is 10.2. The van der Waals surface area contributed by atoms with Crippen molar-refractivity contribution in [3.63, 3.8) is 0 Å². The van der Waals surface area contributed by atoms with Crippen LogP contribution in [-0.4, -0.2) is 32.2 Å². The summed E-state index contributed by atoms with van der Waals surface area (Å²) in [5.41, 5.74) is 0. The normalized spacial score (nSPS) is 11.3. The van der Waals surface area contributed by atoms with Crippen LogP contribution in [-0.2, 0) is 11.3 Å². The van der Waals surface area contributed by atoms with Gasteiger partial charge in [0.2, 0.25) is 0 Å². The molecule has 0 aliphatic rings. The third-order valence-electron chi connectivity index (χ3n) is 2.54. The van der Waals surface area contributed by atoms with Gasteiger partial charge in [-0.1, -0.05) is 13.8 Å². The molecule has 0 radical (unpaired) electrons. The predicted molar refractivity (Wildman–Crippen MR) is 97.2 cm³/mol. The van der Waals surface area contributed by atoms with E-state index in [4.69, 9.17) is 9.15 Å². The van der Waals surface area contributed by atoms with Gasteiger partial charge in [-0.05, 0) is 31.4 Å². The lowest BCUT2D eigenvalue weighted by molar-refractivity contribution is 0.105. The zero-order valence-electron chi connectivity index (χ0n) is 13.2. The van der Waals surface area contributed by atoms with Gasteiger partial charge in [-0.15, -0.1) is 24.0 Å². The zero-order valence-corrected chi connectivity index (χ0v) is 15.6. The van der Waals surface area contributed by atoms with E-state index < -0.39 is 0 Å². The first-order chi connectivity index (χ1) is 9.72. The van der Waals surface area contributed by atoms with Crippen molar-refractivity contribution in [1.29, 1.82) is 0 Å². The van der Waals surface area contributed by atoms with Crippen molar-refractivity contribution < 1.29 is 9.15 Å². The van der Waals surface area contributed by atoms with E-state index in [1.807, 2.05) is 12.1 Å². The van der Waals surface area contributed by atoms with Gasteiger partial charge in [0.1, 0.15) is 12.4 Å². The monoisotopic (exact) mass is 409 g/mol. The molecule has 2 N–H and O–H groups in total. The summed E-state index contributed by atoms with van der Waals surface area (Å²) in [5.74, 6) is 2.32. The smallest absolute Gasteiger partial charge is 0.191 e. The molecular formula is C15H28IN3O2. The number of hydrogen-bond acceptors (Lipinski definition) is 3. The highest BCUT2D eigenvalue weighted by molar-refractivity contribution is 14.0. The van der Waals surface area contributed by atoms with E-state index in [2.05, 4.69) is 36.4 Å². The summed E-state index contributed by atoms with van der Waals surface area (Å²) >= 11 is 0. The summed E-state index contributed by atoms with van der Waals surface area (Å²) in [7, 11) is 0. The Bertz CT molecular complexity index is 367. The van der Waals surface area contributed by atoms with Gasteiger partial charge in [0.05, 0.1) is 6.26 Å². The third kappa shape index (κ3) is 10.6. The van der Waals surface area contributed by atoms with Gasteiger partial charge < -0.3 is 19.8 Å². The Morgan fingerprint density at radius 1 is 1.38 bits per heavy atom. The number of nitrogens with one attached hydrogen (secondary N) is 2. The molecule has 0 aliphatic heterocycles. The van der Waals surface area contributed by atoms with Gasteiger partial charge in [-0.3, -0.25) is 4.99 Å². The molecule has 0 bridgehead atoms. The Balaban J connectivity index is 0.00000400. The number of halogens is 1. The van der Waals surface area contributed by atoms with Gasteiger partial charge >= 0.3 is 0 Å². The van der Waals surface area contributed by atoms with Crippen LogP contribution in [0.15, 0.2) is 27.8 Å². The molecule has 5 nitrogen and oxygen atoms in total. The van der Waals surface area contributed by atoms with Crippen molar-refractivity contribution in [2.75, 3.05) is 26.2 Å². The molecule has 0 amide bonds. The van der Waals surface area contributed by atoms with Crippen LogP contribution in [0.5, 0.6) is 0 Å². The summed E-state index contributed by atoms with van der Waals surface area (Å²) in [6.07, 6.45) is 2.60. The molecule has 0 unspecified atom stereocenters. The number of rotatable bonds is 9. The second-order valence-corrected chi connectivity index (χ2v) is 5.03. The Morgan fingerprint density at radius 3 is 2.81 bits per heavy atom. The minimum atomic E-state index is 0. The van der Waals surface area contributed by atoms with E-state index in [0.717, 1.165) is 37.8 Å². The van der Waals surface area contributed by atoms with Crippen LogP contribution in [0.3, 0.4) is 0 Å². The third-order valence-corrected chi connectivity index (χ3v) is 2.54. The molecule has 0 spiro atoms. The molecule has 1 rings (SSSR count). The summed E-state index contributed by atoms with van der Waals surface area (Å²) in [6, 6.07) is 3.79. The number of aliphatic imine (C=N–C) groups is 1. The summed E-state index contributed by atoms with van der Waals surface area (Å²) in [6.45, 7) is 10.2. The lowest BCUT2D eigenvalue weighted by Crippen LogP contribution is -2.38. The van der Waals surface area contributed by atoms with Gasteiger partial charge in [0.25, 0.3) is 0 Å². The number of furan rings is 1. The quantitative estimate of drug-likeness (QED) is 0.285. The highest BCUT2D eigenvalue weighted by Gasteiger charge is 1.99. The van der Waals surface area contributed by atoms with Gasteiger partial charge in [-0.25, -0.2) is 0 Å². The Labute approximate surface area is 144 Å². The minimum absolute atomic E-state index is 0. The molecule has 0 saturated carbocycles. The molecular weight excluding hydrogens is 381 g/mol. The molecule has 0 aliphatic carbocycles. The average molecular weight is 409 g/mol. The van der Waals surface area contributed by atoms with Crippen LogP contribution >= 0.6 is 24.0 Å². The average Bonchev–Trinajstić information content (AvgIpc) is 2.92. The summed E-state index contributed by atoms with van der Waals surface area (Å²) in [4.78, 5) is 4.51. The van der Waals surface area contributed by atoms with Crippen molar-refractivity contribution in [3.05, 3.63) is 24.2 Å². The maximum Gasteiger partial charge on any atom is 0.191 e. The van der Waals surface area contributed by atoms with Crippen molar-refractivity contribution in [3.8, 4) is 0 Å². The van der Waals surface area contributed by atoms with Gasteiger partial charge in [-0.2, -0.15) is 0 Å². The number of nitrogens with zero attached hydrogens (tertiary/aromatic N) is 1. The molecule has 1 aromatic heterocycles. The first kappa shape index (κ1) is 20.2. The predicted octanol–water partition coefficient (Wildman–Crippen LogP) is 3.02. The summed E-state index contributed by atoms with van der Waals surface area (Å²) < 4.78 is 10.7. The van der Waals surface area contributed by atoms with Crippen molar-refractivity contribution in [2.45, 2.75) is 33.8 Å². The van der Waals surface area contributed by atoms with E-state index >= 15 is 0 Å². The van der Waals surface area contributed by atoms with Crippen LogP contribution < -0.4 is 10.6 Å². The first-order valence-corrected chi connectivity index (χ1v) is 7.34. The second-order valence-electron chi connectivity index (χ2n) is 5.03. The fourth-order valence-electron chi connectivity index (χ4n) is 1.56. The van der Waals surface area contributed by atoms with Crippen molar-refractivity contribution in [2.24, 2.45) is 10.9 Å². The summed E-state index contributed by atoms with van der Waals surface area (Å²) in [5, 5.41) is 6.54. The van der Waals surface area contributed by atoms with E-state index in [9.17, 15) is 0 Å². The minimum Gasteiger partial charge on any atom is -0.467 e. The largest absolute Gasteiger partial charge is 0.467 e. The van der Waals surface area contributed by atoms with Crippen molar-refractivity contribution in [1.82, 2.24) is 10.6 Å². The standard InChI is InChI=1S/C15H27N3O2.HI/c1-4-16-15(18-11-13(2)3)17-8-6-9-19-12-14-7-5-10-20-14;/h5,7,10,13H,4,6,8-9,11-12H2,1-3H3,(H2,16,17,18);1H. The van der Waals surface area contributed by atoms with Gasteiger partial charge in [0.15, 0.2) is 5.96 Å². The molecule has 0 fully saturated rings. The molecule has 122 valence electrons. The Hall–Kier alpha value is -0.760. The van der Waals surface area contributed by atoms with Crippen LogP contribution in [0.1, 0.15) is 33.0 Å². The zero-order chi connectivity index (χ0) is 14.6. The highest BCUT2D eigenvalue weighted by Crippen LogP contribution is 2.01. The Morgan fingerprint density at radius 2 is 2.19 bits per heavy atom. The van der Waals surface area contributed by atoms with Crippen LogP contribution in [0.4, 0.5) is 0 Å². The molecule has 6 heteroatoms. The number of ether oxygens (including phenoxy) is 1. The van der Waals surface area contributed by atoms with Gasteiger partial charge in [0, 0.05) is 26.2 Å². The van der Waals surface area contributed by atoms with E-state index in [-0.39, 0.29) is 24.0 Å². The van der Waals surface area contributed by atoms with Crippen LogP contribution in [0.2, 0.25) is 0 Å². The molecule has 1 heterocycles. The van der Waals surface area contributed by atoms with E-state index in [0.29, 0.717) is 19.1 Å². The van der Waals surface area contributed by atoms with E-state index in [1.165, 1.54) is 0 Å². The molecule has 21 heavy (non-hydrogen) atoms.